The molecule has 2 atom stereocenters. The molecule has 0 radical (unpaired) electrons. The number of rotatable bonds is 35. The van der Waals surface area contributed by atoms with Crippen LogP contribution in [0.1, 0.15) is 201 Å². The fourth-order valence-electron chi connectivity index (χ4n) is 6.94. The Hall–Kier alpha value is -1.96. The van der Waals surface area contributed by atoms with Gasteiger partial charge in [-0.1, -0.05) is 168 Å². The molecule has 8 heteroatoms. The zero-order chi connectivity index (χ0) is 35.2. The summed E-state index contributed by atoms with van der Waals surface area (Å²) in [6, 6.07) is 0. The van der Waals surface area contributed by atoms with Crippen molar-refractivity contribution in [2.45, 2.75) is 206 Å². The van der Waals surface area contributed by atoms with Crippen molar-refractivity contribution < 1.29 is 29.4 Å². The lowest BCUT2D eigenvalue weighted by atomic mass is 9.73. The summed E-state index contributed by atoms with van der Waals surface area (Å²) >= 11 is 0. The first kappa shape index (κ1) is 45.0. The Bertz CT molecular complexity index is 819. The van der Waals surface area contributed by atoms with Gasteiger partial charge in [-0.3, -0.25) is 14.4 Å². The summed E-state index contributed by atoms with van der Waals surface area (Å²) in [6.45, 7) is 6.31. The van der Waals surface area contributed by atoms with Crippen molar-refractivity contribution in [1.29, 1.82) is 0 Å². The van der Waals surface area contributed by atoms with Crippen LogP contribution in [0.3, 0.4) is 0 Å². The lowest BCUT2D eigenvalue weighted by molar-refractivity contribution is -0.169. The Morgan fingerprint density at radius 1 is 0.574 bits per heavy atom. The van der Waals surface area contributed by atoms with Crippen LogP contribution in [0.25, 0.3) is 0 Å². The van der Waals surface area contributed by atoms with Gasteiger partial charge in [0.25, 0.3) is 0 Å². The molecule has 0 spiro atoms. The van der Waals surface area contributed by atoms with Gasteiger partial charge in [0, 0.05) is 13.0 Å². The van der Waals surface area contributed by atoms with Crippen LogP contribution in [0, 0.1) is 5.92 Å². The third-order valence-electron chi connectivity index (χ3n) is 9.84. The molecule has 0 aromatic heterocycles. The molecule has 0 saturated carbocycles. The van der Waals surface area contributed by atoms with Crippen LogP contribution in [0.15, 0.2) is 0 Å². The number of Topliss-reactive ketones (excluding diaryl/α,β-unsaturated/α-hetero) is 1. The standard InChI is InChI=1S/C39H74N2O6/c1-4-7-10-13-16-18-20-22-25-28-31-41(36(43)29-26-23-21-19-17-14-11-8-5-2)39(38(46)47,30-27-24-15-12-9-6-3)34(32-37(44)45)35(42)33-40/h34H,4-33,40H2,1-3H3,(H,44,45)(H,46,47)/t34?,39-/m0/s1. The Balaban J connectivity index is 5.91. The molecule has 0 aliphatic carbocycles. The van der Waals surface area contributed by atoms with Crippen molar-refractivity contribution >= 4 is 23.6 Å². The maximum absolute atomic E-state index is 14.0. The molecule has 8 nitrogen and oxygen atoms in total. The van der Waals surface area contributed by atoms with E-state index < -0.39 is 42.1 Å². The number of aliphatic carboxylic acids is 2. The second-order valence-corrected chi connectivity index (χ2v) is 13.9. The molecule has 1 unspecified atom stereocenters. The number of carbonyl (C=O) groups is 4. The second kappa shape index (κ2) is 30.1. The van der Waals surface area contributed by atoms with Crippen molar-refractivity contribution in [2.24, 2.45) is 11.7 Å². The zero-order valence-corrected chi connectivity index (χ0v) is 30.8. The molecule has 0 heterocycles. The molecule has 0 rings (SSSR count). The summed E-state index contributed by atoms with van der Waals surface area (Å²) in [5.41, 5.74) is 3.84. The van der Waals surface area contributed by atoms with Crippen LogP contribution in [0.2, 0.25) is 0 Å². The number of hydrogen-bond acceptors (Lipinski definition) is 5. The number of unbranched alkanes of at least 4 members (excludes halogenated alkanes) is 22. The van der Waals surface area contributed by atoms with Crippen LogP contribution in [0.4, 0.5) is 0 Å². The monoisotopic (exact) mass is 667 g/mol. The van der Waals surface area contributed by atoms with Crippen molar-refractivity contribution in [1.82, 2.24) is 4.90 Å². The van der Waals surface area contributed by atoms with Crippen LogP contribution >= 0.6 is 0 Å². The molecule has 47 heavy (non-hydrogen) atoms. The van der Waals surface area contributed by atoms with Crippen molar-refractivity contribution in [3.8, 4) is 0 Å². The summed E-state index contributed by atoms with van der Waals surface area (Å²) in [5, 5.41) is 20.8. The van der Waals surface area contributed by atoms with E-state index >= 15 is 0 Å². The fraction of sp³-hybridized carbons (Fsp3) is 0.897. The van der Waals surface area contributed by atoms with E-state index in [9.17, 15) is 29.4 Å². The van der Waals surface area contributed by atoms with Gasteiger partial charge < -0.3 is 20.8 Å². The minimum Gasteiger partial charge on any atom is -0.481 e. The van der Waals surface area contributed by atoms with E-state index in [1.54, 1.807) is 0 Å². The maximum Gasteiger partial charge on any atom is 0.330 e. The van der Waals surface area contributed by atoms with E-state index in [0.29, 0.717) is 19.3 Å². The molecular weight excluding hydrogens is 592 g/mol. The van der Waals surface area contributed by atoms with E-state index in [0.717, 1.165) is 70.6 Å². The average Bonchev–Trinajstić information content (AvgIpc) is 3.05. The molecule has 0 aromatic carbocycles. The predicted octanol–water partition coefficient (Wildman–Crippen LogP) is 9.85. The summed E-state index contributed by atoms with van der Waals surface area (Å²) in [6.07, 6.45) is 26.0. The number of amides is 1. The molecular formula is C39H74N2O6. The van der Waals surface area contributed by atoms with Crippen molar-refractivity contribution in [3.63, 3.8) is 0 Å². The second-order valence-electron chi connectivity index (χ2n) is 13.9. The highest BCUT2D eigenvalue weighted by Crippen LogP contribution is 2.36. The number of carboxylic acid groups (broad SMARTS) is 2. The van der Waals surface area contributed by atoms with Gasteiger partial charge in [0.15, 0.2) is 11.3 Å². The third kappa shape index (κ3) is 20.2. The first-order valence-corrected chi connectivity index (χ1v) is 19.7. The van der Waals surface area contributed by atoms with Crippen molar-refractivity contribution in [3.05, 3.63) is 0 Å². The minimum atomic E-state index is -1.92. The SMILES string of the molecule is CCCCCCCCCCCCN(C(=O)CCCCCCCCCCC)[C@](CCCCCCCC)(C(=O)O)C(CC(=O)O)C(=O)CN. The van der Waals surface area contributed by atoms with Gasteiger partial charge in [0.05, 0.1) is 18.9 Å². The Kier molecular flexibility index (Phi) is 28.9. The van der Waals surface area contributed by atoms with E-state index in [1.165, 1.54) is 75.5 Å². The minimum absolute atomic E-state index is 0.0550. The molecule has 0 fully saturated rings. The van der Waals surface area contributed by atoms with E-state index in [2.05, 4.69) is 20.8 Å². The highest BCUT2D eigenvalue weighted by atomic mass is 16.4. The van der Waals surface area contributed by atoms with E-state index in [4.69, 9.17) is 5.73 Å². The summed E-state index contributed by atoms with van der Waals surface area (Å²) in [4.78, 5) is 54.2. The number of nitrogens with zero attached hydrogens (tertiary/aromatic N) is 1. The molecule has 0 aromatic rings. The first-order valence-electron chi connectivity index (χ1n) is 19.7. The lowest BCUT2D eigenvalue weighted by Gasteiger charge is -2.45. The van der Waals surface area contributed by atoms with Crippen LogP contribution in [-0.2, 0) is 19.2 Å². The maximum atomic E-state index is 14.0. The highest BCUT2D eigenvalue weighted by Gasteiger charge is 2.54. The van der Waals surface area contributed by atoms with Gasteiger partial charge in [-0.15, -0.1) is 0 Å². The lowest BCUT2D eigenvalue weighted by Crippen LogP contribution is -2.64. The summed E-state index contributed by atoms with van der Waals surface area (Å²) < 4.78 is 0. The largest absolute Gasteiger partial charge is 0.481 e. The van der Waals surface area contributed by atoms with Gasteiger partial charge >= 0.3 is 11.9 Å². The number of nitrogens with two attached hydrogens (primary N) is 1. The number of ketones is 1. The third-order valence-corrected chi connectivity index (χ3v) is 9.84. The molecule has 1 amide bonds. The van der Waals surface area contributed by atoms with Crippen LogP contribution < -0.4 is 5.73 Å². The van der Waals surface area contributed by atoms with Gasteiger partial charge in [0.1, 0.15) is 0 Å². The van der Waals surface area contributed by atoms with Gasteiger partial charge in [-0.05, 0) is 19.3 Å². The normalized spacial score (nSPS) is 13.3. The van der Waals surface area contributed by atoms with E-state index in [-0.39, 0.29) is 25.3 Å². The van der Waals surface area contributed by atoms with Gasteiger partial charge in [-0.2, -0.15) is 0 Å². The average molecular weight is 667 g/mol. The summed E-state index contributed by atoms with van der Waals surface area (Å²) in [7, 11) is 0. The van der Waals surface area contributed by atoms with Crippen LogP contribution in [-0.4, -0.2) is 57.4 Å². The smallest absolute Gasteiger partial charge is 0.330 e. The number of hydrogen-bond donors (Lipinski definition) is 3. The molecule has 0 bridgehead atoms. The Morgan fingerprint density at radius 3 is 1.34 bits per heavy atom. The molecule has 0 aliphatic rings. The molecule has 276 valence electrons. The summed E-state index contributed by atoms with van der Waals surface area (Å²) in [5.74, 6) is -4.82. The quantitative estimate of drug-likeness (QED) is 0.0572. The molecule has 0 aliphatic heterocycles. The number of carboxylic acids is 2. The van der Waals surface area contributed by atoms with Crippen LogP contribution in [0.5, 0.6) is 0 Å². The topological polar surface area (TPSA) is 138 Å². The Labute approximate surface area is 288 Å². The Morgan fingerprint density at radius 2 is 0.957 bits per heavy atom. The highest BCUT2D eigenvalue weighted by molar-refractivity contribution is 5.97. The molecule has 0 saturated heterocycles. The van der Waals surface area contributed by atoms with E-state index in [1.807, 2.05) is 0 Å². The molecule has 4 N–H and O–H groups in total. The number of carbonyl (C=O) groups excluding carboxylic acids is 2. The zero-order valence-electron chi connectivity index (χ0n) is 30.8. The van der Waals surface area contributed by atoms with Crippen molar-refractivity contribution in [2.75, 3.05) is 13.1 Å². The fourth-order valence-corrected chi connectivity index (χ4v) is 6.94. The van der Waals surface area contributed by atoms with Gasteiger partial charge in [-0.25, -0.2) is 4.79 Å². The predicted molar refractivity (Wildman–Crippen MR) is 194 cm³/mol. The first-order chi connectivity index (χ1) is 22.7. The van der Waals surface area contributed by atoms with Gasteiger partial charge in [0.2, 0.25) is 5.91 Å².